The van der Waals surface area contributed by atoms with Gasteiger partial charge in [0, 0.05) is 18.5 Å². The first-order valence-corrected chi connectivity index (χ1v) is 9.44. The zero-order valence-corrected chi connectivity index (χ0v) is 15.6. The third kappa shape index (κ3) is 3.50. The number of hydrogen-bond acceptors (Lipinski definition) is 3. The van der Waals surface area contributed by atoms with E-state index in [9.17, 15) is 4.79 Å². The number of carbonyl (C=O) groups is 1. The van der Waals surface area contributed by atoms with Gasteiger partial charge in [0.05, 0.1) is 18.2 Å². The van der Waals surface area contributed by atoms with Gasteiger partial charge in [-0.15, -0.1) is 0 Å². The van der Waals surface area contributed by atoms with Crippen LogP contribution in [-0.4, -0.2) is 31.1 Å². The van der Waals surface area contributed by atoms with Crippen LogP contribution in [0, 0.1) is 5.92 Å². The second-order valence-corrected chi connectivity index (χ2v) is 7.25. The van der Waals surface area contributed by atoms with Crippen LogP contribution in [0.5, 0.6) is 5.75 Å². The number of primary amides is 1. The average molecular weight is 363 g/mol. The number of rotatable bonds is 5. The molecular weight excluding hydrogens is 338 g/mol. The Balaban J connectivity index is 1.50. The molecule has 3 aromatic rings. The Morgan fingerprint density at radius 2 is 1.93 bits per heavy atom. The summed E-state index contributed by atoms with van der Waals surface area (Å²) < 4.78 is 5.46. The molecule has 0 spiro atoms. The molecule has 0 unspecified atom stereocenters. The highest BCUT2D eigenvalue weighted by Gasteiger charge is 2.22. The topological polar surface area (TPSA) is 71.3 Å². The van der Waals surface area contributed by atoms with E-state index in [1.54, 1.807) is 13.2 Å². The van der Waals surface area contributed by atoms with Crippen molar-refractivity contribution in [3.63, 3.8) is 0 Å². The van der Waals surface area contributed by atoms with Crippen molar-refractivity contribution in [2.24, 2.45) is 11.7 Å². The quantitative estimate of drug-likeness (QED) is 0.725. The van der Waals surface area contributed by atoms with Crippen molar-refractivity contribution < 1.29 is 9.53 Å². The molecule has 2 heterocycles. The molecule has 5 nitrogen and oxygen atoms in total. The fraction of sp³-hybridized carbons (Fsp3) is 0.318. The van der Waals surface area contributed by atoms with Crippen LogP contribution in [0.15, 0.2) is 48.5 Å². The van der Waals surface area contributed by atoms with Crippen molar-refractivity contribution in [2.75, 3.05) is 25.1 Å². The number of carbonyl (C=O) groups excluding carboxylic acids is 1. The highest BCUT2D eigenvalue weighted by atomic mass is 16.5. The van der Waals surface area contributed by atoms with E-state index in [2.05, 4.69) is 46.3 Å². The highest BCUT2D eigenvalue weighted by Crippen LogP contribution is 2.34. The maximum absolute atomic E-state index is 11.6. The minimum atomic E-state index is -0.474. The van der Waals surface area contributed by atoms with Crippen molar-refractivity contribution >= 4 is 22.6 Å². The summed E-state index contributed by atoms with van der Waals surface area (Å²) in [6.45, 7) is 2.05. The molecule has 3 N–H and O–H groups in total. The Labute approximate surface area is 159 Å². The summed E-state index contributed by atoms with van der Waals surface area (Å²) in [7, 11) is 1.57. The van der Waals surface area contributed by atoms with Crippen molar-refractivity contribution in [2.45, 2.75) is 19.3 Å². The van der Waals surface area contributed by atoms with Gasteiger partial charge < -0.3 is 20.4 Å². The van der Waals surface area contributed by atoms with Gasteiger partial charge in [-0.2, -0.15) is 0 Å². The molecule has 1 fully saturated rings. The monoisotopic (exact) mass is 363 g/mol. The zero-order valence-electron chi connectivity index (χ0n) is 15.6. The first kappa shape index (κ1) is 17.5. The Hall–Kier alpha value is -2.95. The van der Waals surface area contributed by atoms with E-state index >= 15 is 0 Å². The predicted molar refractivity (Wildman–Crippen MR) is 108 cm³/mol. The number of fused-ring (bicyclic) bond motifs is 1. The lowest BCUT2D eigenvalue weighted by molar-refractivity contribution is 0.0997. The molecule has 5 heteroatoms. The molecule has 2 aromatic carbocycles. The van der Waals surface area contributed by atoms with Gasteiger partial charge in [0.25, 0.3) is 5.91 Å². The molecule has 1 amide bonds. The molecule has 0 bridgehead atoms. The van der Waals surface area contributed by atoms with Crippen LogP contribution in [0.25, 0.3) is 10.9 Å². The number of nitrogens with one attached hydrogen (secondary N) is 1. The van der Waals surface area contributed by atoms with Crippen LogP contribution in [0.2, 0.25) is 0 Å². The molecule has 0 atom stereocenters. The Bertz CT molecular complexity index is 941. The van der Waals surface area contributed by atoms with Gasteiger partial charge in [0.2, 0.25) is 0 Å². The number of anilines is 1. The van der Waals surface area contributed by atoms with Crippen LogP contribution >= 0.6 is 0 Å². The third-order valence-corrected chi connectivity index (χ3v) is 5.53. The van der Waals surface area contributed by atoms with Gasteiger partial charge >= 0.3 is 0 Å². The van der Waals surface area contributed by atoms with E-state index in [1.165, 1.54) is 18.4 Å². The van der Waals surface area contributed by atoms with E-state index < -0.39 is 5.91 Å². The standard InChI is InChI=1S/C22H25N3O2/c1-27-21-17(22(23)26)7-8-19-18(21)14-20(24-19)25-11-9-16(10-12-25)13-15-5-3-2-4-6-15/h2-8,14,16,24H,9-13H2,1H3,(H2,23,26). The summed E-state index contributed by atoms with van der Waals surface area (Å²) in [6.07, 6.45) is 3.50. The van der Waals surface area contributed by atoms with Crippen molar-refractivity contribution in [3.8, 4) is 5.75 Å². The molecule has 4 rings (SSSR count). The molecule has 1 aromatic heterocycles. The number of H-pyrrole nitrogens is 1. The number of hydrogen-bond donors (Lipinski definition) is 2. The Morgan fingerprint density at radius 1 is 1.19 bits per heavy atom. The Morgan fingerprint density at radius 3 is 2.59 bits per heavy atom. The van der Waals surface area contributed by atoms with Gasteiger partial charge in [-0.05, 0) is 48.9 Å². The lowest BCUT2D eigenvalue weighted by Crippen LogP contribution is -2.34. The van der Waals surface area contributed by atoms with E-state index in [4.69, 9.17) is 10.5 Å². The summed E-state index contributed by atoms with van der Waals surface area (Å²) in [5, 5.41) is 0.898. The molecule has 1 aliphatic rings. The summed E-state index contributed by atoms with van der Waals surface area (Å²) >= 11 is 0. The maximum atomic E-state index is 11.6. The number of nitrogens with two attached hydrogens (primary N) is 1. The number of methoxy groups -OCH3 is 1. The average Bonchev–Trinajstić information content (AvgIpc) is 3.12. The zero-order chi connectivity index (χ0) is 18.8. The first-order valence-electron chi connectivity index (χ1n) is 9.44. The van der Waals surface area contributed by atoms with Crippen molar-refractivity contribution in [3.05, 3.63) is 59.7 Å². The summed E-state index contributed by atoms with van der Waals surface area (Å²) in [5.74, 6) is 1.87. The fourth-order valence-corrected chi connectivity index (χ4v) is 4.07. The van der Waals surface area contributed by atoms with Crippen LogP contribution in [0.4, 0.5) is 5.82 Å². The lowest BCUT2D eigenvalue weighted by atomic mass is 9.90. The van der Waals surface area contributed by atoms with E-state index in [0.717, 1.165) is 42.1 Å². The van der Waals surface area contributed by atoms with Crippen molar-refractivity contribution in [1.29, 1.82) is 0 Å². The number of benzene rings is 2. The number of piperidine rings is 1. The number of aromatic amines is 1. The van der Waals surface area contributed by atoms with Crippen LogP contribution in [0.1, 0.15) is 28.8 Å². The summed E-state index contributed by atoms with van der Waals surface area (Å²) in [6, 6.07) is 16.4. The second kappa shape index (κ2) is 7.35. The number of aromatic nitrogens is 1. The fourth-order valence-electron chi connectivity index (χ4n) is 4.07. The SMILES string of the molecule is COc1c(C(N)=O)ccc2[nH]c(N3CCC(Cc4ccccc4)CC3)cc12. The largest absolute Gasteiger partial charge is 0.495 e. The number of nitrogens with zero attached hydrogens (tertiary/aromatic N) is 1. The van der Waals surface area contributed by atoms with Gasteiger partial charge in [0.1, 0.15) is 11.6 Å². The number of amides is 1. The van der Waals surface area contributed by atoms with Gasteiger partial charge in [-0.25, -0.2) is 0 Å². The Kier molecular flexibility index (Phi) is 4.75. The van der Waals surface area contributed by atoms with Crippen LogP contribution in [0.3, 0.4) is 0 Å². The van der Waals surface area contributed by atoms with Crippen LogP contribution in [-0.2, 0) is 6.42 Å². The minimum absolute atomic E-state index is 0.414. The van der Waals surface area contributed by atoms with E-state index in [1.807, 2.05) is 6.07 Å². The molecule has 0 radical (unpaired) electrons. The molecular formula is C22H25N3O2. The smallest absolute Gasteiger partial charge is 0.252 e. The summed E-state index contributed by atoms with van der Waals surface area (Å²) in [4.78, 5) is 17.5. The predicted octanol–water partition coefficient (Wildman–Crippen LogP) is 3.73. The molecule has 140 valence electrons. The van der Waals surface area contributed by atoms with E-state index in [0.29, 0.717) is 11.3 Å². The maximum Gasteiger partial charge on any atom is 0.252 e. The highest BCUT2D eigenvalue weighted by molar-refractivity contribution is 6.03. The third-order valence-electron chi connectivity index (χ3n) is 5.53. The molecule has 0 aliphatic carbocycles. The molecule has 27 heavy (non-hydrogen) atoms. The van der Waals surface area contributed by atoms with E-state index in [-0.39, 0.29) is 0 Å². The van der Waals surface area contributed by atoms with Crippen LogP contribution < -0.4 is 15.4 Å². The summed E-state index contributed by atoms with van der Waals surface area (Å²) in [5.41, 5.74) is 8.26. The van der Waals surface area contributed by atoms with Crippen molar-refractivity contribution in [1.82, 2.24) is 4.98 Å². The van der Waals surface area contributed by atoms with Gasteiger partial charge in [0.15, 0.2) is 0 Å². The second-order valence-electron chi connectivity index (χ2n) is 7.25. The minimum Gasteiger partial charge on any atom is -0.495 e. The first-order chi connectivity index (χ1) is 13.2. The normalized spacial score (nSPS) is 15.2. The molecule has 0 saturated carbocycles. The molecule has 1 saturated heterocycles. The molecule has 1 aliphatic heterocycles. The number of ether oxygens (including phenoxy) is 1. The van der Waals surface area contributed by atoms with Gasteiger partial charge in [-0.1, -0.05) is 30.3 Å². The lowest BCUT2D eigenvalue weighted by Gasteiger charge is -2.32. The van der Waals surface area contributed by atoms with Gasteiger partial charge in [-0.3, -0.25) is 4.79 Å².